The maximum atomic E-state index is 9.76. The molecule has 0 amide bonds. The maximum Gasteiger partial charge on any atom is 0.119 e. The lowest BCUT2D eigenvalue weighted by Crippen LogP contribution is -2.32. The number of aliphatic hydroxyl groups is 2. The summed E-state index contributed by atoms with van der Waals surface area (Å²) < 4.78 is 10.5. The average Bonchev–Trinajstić information content (AvgIpc) is 2.45. The zero-order valence-electron chi connectivity index (χ0n) is 12.2. The lowest BCUT2D eigenvalue weighted by atomic mass is 10.2. The highest BCUT2D eigenvalue weighted by Gasteiger charge is 2.05. The topological polar surface area (TPSA) is 71.0 Å². The van der Waals surface area contributed by atoms with Crippen LogP contribution >= 0.6 is 0 Å². The molecule has 0 aliphatic heterocycles. The largest absolute Gasteiger partial charge is 0.497 e. The van der Waals surface area contributed by atoms with E-state index >= 15 is 0 Å². The fourth-order valence-electron chi connectivity index (χ4n) is 1.71. The normalized spacial score (nSPS) is 13.8. The third-order valence-corrected chi connectivity index (χ3v) is 2.86. The van der Waals surface area contributed by atoms with E-state index in [-0.39, 0.29) is 12.7 Å². The van der Waals surface area contributed by atoms with Gasteiger partial charge in [-0.3, -0.25) is 0 Å². The third-order valence-electron chi connectivity index (χ3n) is 2.86. The van der Waals surface area contributed by atoms with Gasteiger partial charge in [0.1, 0.15) is 24.2 Å². The molecule has 2 unspecified atom stereocenters. The molecule has 20 heavy (non-hydrogen) atoms. The molecule has 0 aliphatic carbocycles. The molecule has 0 bridgehead atoms. The Balaban J connectivity index is 2.11. The van der Waals surface area contributed by atoms with E-state index in [1.807, 2.05) is 24.3 Å². The molecule has 0 heterocycles. The van der Waals surface area contributed by atoms with Gasteiger partial charge in [-0.15, -0.1) is 0 Å². The highest BCUT2D eigenvalue weighted by Crippen LogP contribution is 2.16. The summed E-state index contributed by atoms with van der Waals surface area (Å²) in [6, 6.07) is 7.25. The van der Waals surface area contributed by atoms with Gasteiger partial charge < -0.3 is 25.0 Å². The van der Waals surface area contributed by atoms with Crippen molar-refractivity contribution in [2.75, 3.05) is 26.8 Å². The first-order valence-electron chi connectivity index (χ1n) is 6.95. The Morgan fingerprint density at radius 1 is 1.15 bits per heavy atom. The van der Waals surface area contributed by atoms with E-state index in [1.165, 1.54) is 0 Å². The summed E-state index contributed by atoms with van der Waals surface area (Å²) >= 11 is 0. The monoisotopic (exact) mass is 283 g/mol. The highest BCUT2D eigenvalue weighted by molar-refractivity contribution is 5.31. The van der Waals surface area contributed by atoms with Crippen LogP contribution in [-0.4, -0.2) is 49.2 Å². The van der Waals surface area contributed by atoms with E-state index < -0.39 is 6.10 Å². The number of ether oxygens (including phenoxy) is 2. The smallest absolute Gasteiger partial charge is 0.119 e. The molecule has 0 aromatic heterocycles. The maximum absolute atomic E-state index is 9.76. The van der Waals surface area contributed by atoms with E-state index in [9.17, 15) is 5.11 Å². The van der Waals surface area contributed by atoms with E-state index in [0.29, 0.717) is 12.3 Å². The summed E-state index contributed by atoms with van der Waals surface area (Å²) in [4.78, 5) is 0. The molecular formula is C15H25NO4. The van der Waals surface area contributed by atoms with Crippen LogP contribution in [0.25, 0.3) is 0 Å². The molecule has 3 N–H and O–H groups in total. The predicted octanol–water partition coefficient (Wildman–Crippen LogP) is 1.19. The summed E-state index contributed by atoms with van der Waals surface area (Å²) in [5.41, 5.74) is 0. The molecule has 114 valence electrons. The minimum Gasteiger partial charge on any atom is -0.497 e. The zero-order chi connectivity index (χ0) is 14.8. The lowest BCUT2D eigenvalue weighted by molar-refractivity contribution is 0.106. The van der Waals surface area contributed by atoms with Gasteiger partial charge in [0, 0.05) is 6.54 Å². The zero-order valence-corrected chi connectivity index (χ0v) is 12.2. The van der Waals surface area contributed by atoms with Gasteiger partial charge in [0.25, 0.3) is 0 Å². The summed E-state index contributed by atoms with van der Waals surface area (Å²) in [5, 5.41) is 22.0. The first-order chi connectivity index (χ1) is 9.61. The van der Waals surface area contributed by atoms with Crippen molar-refractivity contribution < 1.29 is 19.7 Å². The van der Waals surface area contributed by atoms with Crippen LogP contribution < -0.4 is 14.8 Å². The molecule has 0 saturated heterocycles. The second-order valence-corrected chi connectivity index (χ2v) is 4.84. The lowest BCUT2D eigenvalue weighted by Gasteiger charge is -2.13. The fourth-order valence-corrected chi connectivity index (χ4v) is 1.71. The van der Waals surface area contributed by atoms with E-state index in [2.05, 4.69) is 5.32 Å². The number of rotatable bonds is 10. The van der Waals surface area contributed by atoms with E-state index in [1.54, 1.807) is 14.0 Å². The Morgan fingerprint density at radius 3 is 2.40 bits per heavy atom. The van der Waals surface area contributed by atoms with Crippen LogP contribution in [0, 0.1) is 0 Å². The minimum atomic E-state index is -0.552. The van der Waals surface area contributed by atoms with Crippen molar-refractivity contribution in [3.05, 3.63) is 24.3 Å². The van der Waals surface area contributed by atoms with Crippen LogP contribution in [0.15, 0.2) is 24.3 Å². The van der Waals surface area contributed by atoms with Crippen molar-refractivity contribution in [3.8, 4) is 11.5 Å². The van der Waals surface area contributed by atoms with Crippen molar-refractivity contribution in [2.24, 2.45) is 0 Å². The Bertz CT molecular complexity index is 353. The molecule has 1 aromatic carbocycles. The summed E-state index contributed by atoms with van der Waals surface area (Å²) in [5.74, 6) is 1.48. The predicted molar refractivity (Wildman–Crippen MR) is 78.3 cm³/mol. The van der Waals surface area contributed by atoms with Gasteiger partial charge in [-0.1, -0.05) is 0 Å². The van der Waals surface area contributed by atoms with E-state index in [4.69, 9.17) is 14.6 Å². The van der Waals surface area contributed by atoms with Crippen molar-refractivity contribution in [1.29, 1.82) is 0 Å². The Morgan fingerprint density at radius 2 is 1.80 bits per heavy atom. The molecule has 5 nitrogen and oxygen atoms in total. The van der Waals surface area contributed by atoms with Crippen molar-refractivity contribution in [1.82, 2.24) is 5.32 Å². The van der Waals surface area contributed by atoms with Crippen LogP contribution in [-0.2, 0) is 0 Å². The SMILES string of the molecule is COc1ccc(OCC(O)CNCCCC(C)O)cc1. The average molecular weight is 283 g/mol. The second-order valence-electron chi connectivity index (χ2n) is 4.84. The number of nitrogens with one attached hydrogen (secondary N) is 1. The van der Waals surface area contributed by atoms with Crippen LogP contribution in [0.2, 0.25) is 0 Å². The highest BCUT2D eigenvalue weighted by atomic mass is 16.5. The van der Waals surface area contributed by atoms with Gasteiger partial charge in [0.15, 0.2) is 0 Å². The Labute approximate surface area is 120 Å². The summed E-state index contributed by atoms with van der Waals surface area (Å²) in [7, 11) is 1.61. The summed E-state index contributed by atoms with van der Waals surface area (Å²) in [6.45, 7) is 3.29. The van der Waals surface area contributed by atoms with Crippen LogP contribution in [0.3, 0.4) is 0 Å². The number of methoxy groups -OCH3 is 1. The minimum absolute atomic E-state index is 0.246. The standard InChI is InChI=1S/C15H25NO4/c1-12(17)4-3-9-16-10-13(18)11-20-15-7-5-14(19-2)6-8-15/h5-8,12-13,16-18H,3-4,9-11H2,1-2H3. The molecule has 0 saturated carbocycles. The quantitative estimate of drug-likeness (QED) is 0.563. The van der Waals surface area contributed by atoms with Crippen LogP contribution in [0.1, 0.15) is 19.8 Å². The second kappa shape index (κ2) is 9.58. The molecule has 0 aliphatic rings. The van der Waals surface area contributed by atoms with Gasteiger partial charge in [-0.2, -0.15) is 0 Å². The van der Waals surface area contributed by atoms with Gasteiger partial charge in [-0.05, 0) is 50.6 Å². The Kier molecular flexibility index (Phi) is 8.02. The molecular weight excluding hydrogens is 258 g/mol. The number of hydrogen-bond acceptors (Lipinski definition) is 5. The molecule has 2 atom stereocenters. The third kappa shape index (κ3) is 7.33. The van der Waals surface area contributed by atoms with Crippen molar-refractivity contribution >= 4 is 0 Å². The van der Waals surface area contributed by atoms with Crippen LogP contribution in [0.5, 0.6) is 11.5 Å². The van der Waals surface area contributed by atoms with Gasteiger partial charge >= 0.3 is 0 Å². The molecule has 5 heteroatoms. The molecule has 1 aromatic rings. The van der Waals surface area contributed by atoms with Gasteiger partial charge in [0.2, 0.25) is 0 Å². The first-order valence-corrected chi connectivity index (χ1v) is 6.95. The van der Waals surface area contributed by atoms with Crippen LogP contribution in [0.4, 0.5) is 0 Å². The first kappa shape index (κ1) is 16.8. The molecule has 0 spiro atoms. The molecule has 0 radical (unpaired) electrons. The fraction of sp³-hybridized carbons (Fsp3) is 0.600. The van der Waals surface area contributed by atoms with Crippen molar-refractivity contribution in [2.45, 2.75) is 32.0 Å². The van der Waals surface area contributed by atoms with Gasteiger partial charge in [-0.25, -0.2) is 0 Å². The van der Waals surface area contributed by atoms with E-state index in [0.717, 1.165) is 25.1 Å². The Hall–Kier alpha value is -1.30. The number of benzene rings is 1. The number of hydrogen-bond donors (Lipinski definition) is 3. The number of aliphatic hydroxyl groups excluding tert-OH is 2. The molecule has 0 fully saturated rings. The van der Waals surface area contributed by atoms with Crippen molar-refractivity contribution in [3.63, 3.8) is 0 Å². The molecule has 1 rings (SSSR count). The van der Waals surface area contributed by atoms with Gasteiger partial charge in [0.05, 0.1) is 13.2 Å². The summed E-state index contributed by atoms with van der Waals surface area (Å²) in [6.07, 6.45) is 0.846.